The lowest BCUT2D eigenvalue weighted by molar-refractivity contribution is -0.383. The quantitative estimate of drug-likeness (QED) is 0.168. The number of allylic oxidation sites excluding steroid dienone is 3. The fourth-order valence-electron chi connectivity index (χ4n) is 2.40. The van der Waals surface area contributed by atoms with Crippen molar-refractivity contribution in [2.24, 2.45) is 0 Å². The lowest BCUT2D eigenvalue weighted by Crippen LogP contribution is -2.34. The number of nitrogens with zero attached hydrogens (tertiary/aromatic N) is 4. The van der Waals surface area contributed by atoms with Crippen LogP contribution in [0.3, 0.4) is 0 Å². The van der Waals surface area contributed by atoms with Crippen LogP contribution in [0.4, 0.5) is 17.3 Å². The van der Waals surface area contributed by atoms with Crippen LogP contribution >= 0.6 is 0 Å². The number of hydrogen-bond acceptors (Lipinski definition) is 9. The maximum absolute atomic E-state index is 12.2. The molecule has 10 nitrogen and oxygen atoms in total. The number of anilines is 2. The van der Waals surface area contributed by atoms with E-state index in [2.05, 4.69) is 16.5 Å². The molecule has 0 unspecified atom stereocenters. The molecule has 10 heteroatoms. The van der Waals surface area contributed by atoms with Gasteiger partial charge in [0.05, 0.1) is 18.1 Å². The summed E-state index contributed by atoms with van der Waals surface area (Å²) in [6, 6.07) is -0.0898. The predicted octanol–water partition coefficient (Wildman–Crippen LogP) is 3.20. The van der Waals surface area contributed by atoms with Gasteiger partial charge >= 0.3 is 17.7 Å². The van der Waals surface area contributed by atoms with E-state index in [0.29, 0.717) is 12.2 Å². The lowest BCUT2D eigenvalue weighted by Gasteiger charge is -2.23. The Kier molecular flexibility index (Phi) is 10.6. The van der Waals surface area contributed by atoms with Crippen LogP contribution in [-0.2, 0) is 9.53 Å². The molecule has 30 heavy (non-hydrogen) atoms. The number of esters is 1. The standard InChI is InChI=1S/C20H29N5O5/c1-5-9-11-15(7-3)13-24(14-16(26)29-8-4)19-17(25(27)28)18(21)22-20(23-19)30-12-10-6-2/h5,7,9,11H,3,6,8,10,12-14H2,1-2,4H3,(H2,21,22,23)/b9-5-,15-11+. The van der Waals surface area contributed by atoms with E-state index in [4.69, 9.17) is 15.2 Å². The molecule has 0 aliphatic heterocycles. The van der Waals surface area contributed by atoms with Crippen molar-refractivity contribution >= 4 is 23.3 Å². The van der Waals surface area contributed by atoms with E-state index < -0.39 is 16.6 Å². The largest absolute Gasteiger partial charge is 0.465 e. The summed E-state index contributed by atoms with van der Waals surface area (Å²) in [6.07, 6.45) is 8.64. The normalized spacial score (nSPS) is 11.4. The summed E-state index contributed by atoms with van der Waals surface area (Å²) in [5, 5.41) is 11.7. The van der Waals surface area contributed by atoms with Gasteiger partial charge in [-0.25, -0.2) is 0 Å². The number of unbranched alkanes of at least 4 members (excludes halogenated alkanes) is 1. The molecular weight excluding hydrogens is 390 g/mol. The van der Waals surface area contributed by atoms with E-state index in [9.17, 15) is 14.9 Å². The smallest absolute Gasteiger partial charge is 0.353 e. The SMILES string of the molecule is C=C/C(=C\C=C/C)CN(CC(=O)OCC)c1nc(OCCCC)nc(N)c1[N+](=O)[O-]. The summed E-state index contributed by atoms with van der Waals surface area (Å²) in [4.78, 5) is 32.6. The number of hydrogen-bond donors (Lipinski definition) is 1. The maximum Gasteiger partial charge on any atom is 0.353 e. The molecule has 0 saturated heterocycles. The monoisotopic (exact) mass is 419 g/mol. The fraction of sp³-hybridized carbons (Fsp3) is 0.450. The summed E-state index contributed by atoms with van der Waals surface area (Å²) in [6.45, 7) is 9.62. The molecule has 0 radical (unpaired) electrons. The van der Waals surface area contributed by atoms with E-state index in [1.807, 2.05) is 19.9 Å². The summed E-state index contributed by atoms with van der Waals surface area (Å²) >= 11 is 0. The van der Waals surface area contributed by atoms with Crippen molar-refractivity contribution in [3.63, 3.8) is 0 Å². The van der Waals surface area contributed by atoms with E-state index in [1.165, 1.54) is 4.90 Å². The first-order valence-electron chi connectivity index (χ1n) is 9.67. The molecule has 0 aliphatic rings. The van der Waals surface area contributed by atoms with Crippen molar-refractivity contribution in [3.8, 4) is 6.01 Å². The Balaban J connectivity index is 3.47. The molecule has 0 aromatic carbocycles. The highest BCUT2D eigenvalue weighted by Gasteiger charge is 2.29. The van der Waals surface area contributed by atoms with Gasteiger partial charge in [-0.1, -0.05) is 44.2 Å². The molecule has 0 spiro atoms. The van der Waals surface area contributed by atoms with E-state index in [1.54, 1.807) is 25.2 Å². The van der Waals surface area contributed by atoms with Gasteiger partial charge in [-0.05, 0) is 25.8 Å². The molecule has 0 amide bonds. The number of nitro groups is 1. The average Bonchev–Trinajstić information content (AvgIpc) is 2.69. The summed E-state index contributed by atoms with van der Waals surface area (Å²) in [7, 11) is 0. The molecule has 1 aromatic rings. The van der Waals surface area contributed by atoms with Crippen molar-refractivity contribution in [1.29, 1.82) is 0 Å². The van der Waals surface area contributed by atoms with Crippen LogP contribution in [0.25, 0.3) is 0 Å². The second-order valence-corrected chi connectivity index (χ2v) is 6.16. The zero-order valence-electron chi connectivity index (χ0n) is 17.7. The van der Waals surface area contributed by atoms with Crippen LogP contribution in [0.15, 0.2) is 36.5 Å². The first-order chi connectivity index (χ1) is 14.4. The van der Waals surface area contributed by atoms with Gasteiger partial charge in [0.25, 0.3) is 0 Å². The fourth-order valence-corrected chi connectivity index (χ4v) is 2.40. The number of rotatable bonds is 13. The molecule has 0 atom stereocenters. The van der Waals surface area contributed by atoms with Crippen LogP contribution < -0.4 is 15.4 Å². The third-order valence-electron chi connectivity index (χ3n) is 3.85. The zero-order chi connectivity index (χ0) is 22.5. The van der Waals surface area contributed by atoms with Crippen LogP contribution in [0.1, 0.15) is 33.6 Å². The highest BCUT2D eigenvalue weighted by Crippen LogP contribution is 2.33. The third-order valence-corrected chi connectivity index (χ3v) is 3.85. The molecule has 0 bridgehead atoms. The number of nitrogens with two attached hydrogens (primary N) is 1. The van der Waals surface area contributed by atoms with Gasteiger partial charge in [-0.2, -0.15) is 9.97 Å². The van der Waals surface area contributed by atoms with Crippen LogP contribution in [0.5, 0.6) is 6.01 Å². The lowest BCUT2D eigenvalue weighted by atomic mass is 10.2. The molecule has 0 saturated carbocycles. The topological polar surface area (TPSA) is 134 Å². The molecule has 2 N–H and O–H groups in total. The van der Waals surface area contributed by atoms with Crippen molar-refractivity contribution in [1.82, 2.24) is 9.97 Å². The Hall–Kier alpha value is -3.43. The Morgan fingerprint density at radius 3 is 2.63 bits per heavy atom. The molecule has 164 valence electrons. The third kappa shape index (κ3) is 7.53. The van der Waals surface area contributed by atoms with Gasteiger partial charge < -0.3 is 20.1 Å². The summed E-state index contributed by atoms with van der Waals surface area (Å²) < 4.78 is 10.5. The van der Waals surface area contributed by atoms with E-state index in [0.717, 1.165) is 12.8 Å². The van der Waals surface area contributed by atoms with Crippen molar-refractivity contribution in [2.45, 2.75) is 33.6 Å². The minimum Gasteiger partial charge on any atom is -0.465 e. The Morgan fingerprint density at radius 2 is 2.07 bits per heavy atom. The Bertz CT molecular complexity index is 807. The second kappa shape index (κ2) is 12.9. The van der Waals surface area contributed by atoms with Crippen LogP contribution in [-0.4, -0.2) is 47.2 Å². The number of aromatic nitrogens is 2. The molecule has 1 rings (SSSR count). The zero-order valence-corrected chi connectivity index (χ0v) is 17.7. The summed E-state index contributed by atoms with van der Waals surface area (Å²) in [5.74, 6) is -1.03. The van der Waals surface area contributed by atoms with Gasteiger partial charge in [0, 0.05) is 6.54 Å². The number of carbonyl (C=O) groups excluding carboxylic acids is 1. The van der Waals surface area contributed by atoms with Gasteiger partial charge in [-0.3, -0.25) is 14.9 Å². The summed E-state index contributed by atoms with van der Waals surface area (Å²) in [5.41, 5.74) is 6.04. The van der Waals surface area contributed by atoms with Gasteiger partial charge in [0.1, 0.15) is 6.54 Å². The molecular formula is C20H29N5O5. The second-order valence-electron chi connectivity index (χ2n) is 6.16. The van der Waals surface area contributed by atoms with Gasteiger partial charge in [-0.15, -0.1) is 0 Å². The minimum absolute atomic E-state index is 0.0898. The van der Waals surface area contributed by atoms with Crippen LogP contribution in [0, 0.1) is 10.1 Å². The molecule has 1 heterocycles. The van der Waals surface area contributed by atoms with E-state index >= 15 is 0 Å². The van der Waals surface area contributed by atoms with Crippen molar-refractivity contribution < 1.29 is 19.2 Å². The van der Waals surface area contributed by atoms with Gasteiger partial charge in [0.2, 0.25) is 11.6 Å². The van der Waals surface area contributed by atoms with Gasteiger partial charge in [0.15, 0.2) is 0 Å². The Labute approximate surface area is 176 Å². The number of carbonyl (C=O) groups is 1. The average molecular weight is 419 g/mol. The Morgan fingerprint density at radius 1 is 1.33 bits per heavy atom. The van der Waals surface area contributed by atoms with Crippen molar-refractivity contribution in [2.75, 3.05) is 36.9 Å². The van der Waals surface area contributed by atoms with E-state index in [-0.39, 0.29) is 37.3 Å². The number of ether oxygens (including phenoxy) is 2. The van der Waals surface area contributed by atoms with Crippen LogP contribution in [0.2, 0.25) is 0 Å². The highest BCUT2D eigenvalue weighted by atomic mass is 16.6. The molecule has 0 fully saturated rings. The minimum atomic E-state index is -0.679. The van der Waals surface area contributed by atoms with Crippen molar-refractivity contribution in [3.05, 3.63) is 46.6 Å². The number of nitrogen functional groups attached to an aromatic ring is 1. The molecule has 1 aromatic heterocycles. The highest BCUT2D eigenvalue weighted by molar-refractivity contribution is 5.79. The predicted molar refractivity (Wildman–Crippen MR) is 115 cm³/mol. The molecule has 0 aliphatic carbocycles. The first kappa shape index (κ1) is 24.6. The maximum atomic E-state index is 12.2. The first-order valence-corrected chi connectivity index (χ1v) is 9.67.